The summed E-state index contributed by atoms with van der Waals surface area (Å²) in [7, 11) is -3.20. The molecule has 2 rings (SSSR count). The first-order valence-electron chi connectivity index (χ1n) is 7.41. The molecule has 21 heavy (non-hydrogen) atoms. The van der Waals surface area contributed by atoms with Crippen LogP contribution in [0.3, 0.4) is 0 Å². The lowest BCUT2D eigenvalue weighted by molar-refractivity contribution is -0.183. The molecule has 2 saturated heterocycles. The smallest absolute Gasteiger partial charge is 0.314 e. The van der Waals surface area contributed by atoms with E-state index in [1.165, 1.54) is 10.6 Å². The molecular weight excluding hydrogens is 305 g/mol. The molecule has 1 N–H and O–H groups in total. The Morgan fingerprint density at radius 3 is 2.62 bits per heavy atom. The summed E-state index contributed by atoms with van der Waals surface area (Å²) in [5.41, 5.74) is 0. The van der Waals surface area contributed by atoms with Gasteiger partial charge in [-0.3, -0.25) is 0 Å². The second-order valence-corrected chi connectivity index (χ2v) is 8.26. The molecule has 2 aliphatic rings. The highest BCUT2D eigenvalue weighted by Gasteiger charge is 2.42. The van der Waals surface area contributed by atoms with Gasteiger partial charge in [-0.2, -0.15) is 13.2 Å². The highest BCUT2D eigenvalue weighted by molar-refractivity contribution is 7.88. The Hall–Kier alpha value is -0.340. The second kappa shape index (κ2) is 6.42. The lowest BCUT2D eigenvalue weighted by Gasteiger charge is -2.36. The number of halogens is 3. The maximum atomic E-state index is 12.8. The molecule has 0 aromatic heterocycles. The van der Waals surface area contributed by atoms with Crippen LogP contribution < -0.4 is 5.32 Å². The van der Waals surface area contributed by atoms with E-state index in [0.717, 1.165) is 12.8 Å². The monoisotopic (exact) mass is 328 g/mol. The van der Waals surface area contributed by atoms with Gasteiger partial charge in [0.2, 0.25) is 10.0 Å². The lowest BCUT2D eigenvalue weighted by atomic mass is 9.85. The predicted molar refractivity (Wildman–Crippen MR) is 74.3 cm³/mol. The van der Waals surface area contributed by atoms with E-state index in [1.807, 2.05) is 0 Å². The summed E-state index contributed by atoms with van der Waals surface area (Å²) in [6, 6.07) is -0.158. The zero-order valence-corrected chi connectivity index (χ0v) is 13.0. The van der Waals surface area contributed by atoms with Crippen molar-refractivity contribution in [2.45, 2.75) is 44.3 Å². The molecule has 0 bridgehead atoms. The lowest BCUT2D eigenvalue weighted by Crippen LogP contribution is -2.46. The second-order valence-electron chi connectivity index (χ2n) is 6.28. The first-order chi connectivity index (χ1) is 9.66. The number of sulfonamides is 1. The Kier molecular flexibility index (Phi) is 5.20. The van der Waals surface area contributed by atoms with Crippen molar-refractivity contribution in [1.82, 2.24) is 9.62 Å². The minimum absolute atomic E-state index is 0.110. The number of hydrogen-bond acceptors (Lipinski definition) is 3. The molecule has 124 valence electrons. The van der Waals surface area contributed by atoms with Gasteiger partial charge >= 0.3 is 6.18 Å². The number of nitrogens with one attached hydrogen (secondary N) is 1. The minimum atomic E-state index is -4.12. The van der Waals surface area contributed by atoms with Gasteiger partial charge in [0.1, 0.15) is 0 Å². The Morgan fingerprint density at radius 2 is 2.00 bits per heavy atom. The van der Waals surface area contributed by atoms with Crippen LogP contribution in [0.15, 0.2) is 0 Å². The summed E-state index contributed by atoms with van der Waals surface area (Å²) in [5.74, 6) is -1.07. The molecule has 0 amide bonds. The molecule has 3 unspecified atom stereocenters. The molecule has 0 spiro atoms. The first-order valence-corrected chi connectivity index (χ1v) is 9.26. The molecule has 2 fully saturated rings. The van der Waals surface area contributed by atoms with Crippen LogP contribution in [0.2, 0.25) is 0 Å². The van der Waals surface area contributed by atoms with Gasteiger partial charge in [0, 0.05) is 19.1 Å². The summed E-state index contributed by atoms with van der Waals surface area (Å²) in [4.78, 5) is 0. The van der Waals surface area contributed by atoms with Crippen molar-refractivity contribution in [3.8, 4) is 0 Å². The van der Waals surface area contributed by atoms with E-state index in [4.69, 9.17) is 0 Å². The predicted octanol–water partition coefficient (Wildman–Crippen LogP) is 1.98. The summed E-state index contributed by atoms with van der Waals surface area (Å²) < 4.78 is 63.0. The van der Waals surface area contributed by atoms with Crippen molar-refractivity contribution in [1.29, 1.82) is 0 Å². The molecule has 0 aromatic carbocycles. The fourth-order valence-corrected chi connectivity index (χ4v) is 4.35. The van der Waals surface area contributed by atoms with Gasteiger partial charge in [-0.05, 0) is 44.6 Å². The van der Waals surface area contributed by atoms with Gasteiger partial charge in [0.25, 0.3) is 0 Å². The van der Waals surface area contributed by atoms with Gasteiger partial charge in [-0.25, -0.2) is 12.7 Å². The topological polar surface area (TPSA) is 49.4 Å². The molecule has 0 saturated carbocycles. The standard InChI is InChI=1S/C13H23F3N2O2S/c1-21(19,20)18-6-2-3-10(9-18)7-12-8-11(4-5-17-12)13(14,15)16/h10-12,17H,2-9H2,1H3. The average Bonchev–Trinajstić information content (AvgIpc) is 2.37. The number of nitrogens with zero attached hydrogens (tertiary/aromatic N) is 1. The van der Waals surface area contributed by atoms with Crippen LogP contribution in [0.4, 0.5) is 13.2 Å². The van der Waals surface area contributed by atoms with E-state index in [2.05, 4.69) is 5.32 Å². The van der Waals surface area contributed by atoms with Crippen molar-refractivity contribution < 1.29 is 21.6 Å². The van der Waals surface area contributed by atoms with Crippen molar-refractivity contribution in [3.63, 3.8) is 0 Å². The molecule has 0 radical (unpaired) electrons. The van der Waals surface area contributed by atoms with Crippen molar-refractivity contribution >= 4 is 10.0 Å². The fraction of sp³-hybridized carbons (Fsp3) is 1.00. The molecular formula is C13H23F3N2O2S. The van der Waals surface area contributed by atoms with Gasteiger partial charge < -0.3 is 5.32 Å². The summed E-state index contributed by atoms with van der Waals surface area (Å²) in [6.07, 6.45) is -0.384. The van der Waals surface area contributed by atoms with Crippen LogP contribution in [-0.2, 0) is 10.0 Å². The molecule has 4 nitrogen and oxygen atoms in total. The Morgan fingerprint density at radius 1 is 1.29 bits per heavy atom. The van der Waals surface area contributed by atoms with E-state index in [0.29, 0.717) is 26.1 Å². The third-order valence-corrected chi connectivity index (χ3v) is 5.80. The number of hydrogen-bond donors (Lipinski definition) is 1. The molecule has 0 aliphatic carbocycles. The average molecular weight is 328 g/mol. The summed E-state index contributed by atoms with van der Waals surface area (Å²) in [5, 5.41) is 3.15. The summed E-state index contributed by atoms with van der Waals surface area (Å²) >= 11 is 0. The number of piperidine rings is 2. The maximum absolute atomic E-state index is 12.8. The first kappa shape index (κ1) is 17.0. The third kappa shape index (κ3) is 4.82. The van der Waals surface area contributed by atoms with E-state index in [1.54, 1.807) is 0 Å². The third-order valence-electron chi connectivity index (χ3n) is 4.53. The highest BCUT2D eigenvalue weighted by Crippen LogP contribution is 2.36. The number of rotatable bonds is 3. The largest absolute Gasteiger partial charge is 0.391 e. The normalized spacial score (nSPS) is 33.0. The van der Waals surface area contributed by atoms with E-state index in [9.17, 15) is 21.6 Å². The maximum Gasteiger partial charge on any atom is 0.391 e. The van der Waals surface area contributed by atoms with Crippen molar-refractivity contribution in [3.05, 3.63) is 0 Å². The van der Waals surface area contributed by atoms with Crippen LogP contribution >= 0.6 is 0 Å². The zero-order chi connectivity index (χ0) is 15.7. The van der Waals surface area contributed by atoms with Crippen LogP contribution in [0, 0.1) is 11.8 Å². The van der Waals surface area contributed by atoms with Gasteiger partial charge in [0.05, 0.1) is 12.2 Å². The fourth-order valence-electron chi connectivity index (χ4n) is 3.41. The number of alkyl halides is 3. The molecule has 2 heterocycles. The van der Waals surface area contributed by atoms with Crippen LogP contribution in [0.25, 0.3) is 0 Å². The van der Waals surface area contributed by atoms with E-state index < -0.39 is 22.1 Å². The zero-order valence-electron chi connectivity index (χ0n) is 12.2. The molecule has 3 atom stereocenters. The quantitative estimate of drug-likeness (QED) is 0.862. The highest BCUT2D eigenvalue weighted by atomic mass is 32.2. The van der Waals surface area contributed by atoms with Crippen molar-refractivity contribution in [2.24, 2.45) is 11.8 Å². The van der Waals surface area contributed by atoms with E-state index in [-0.39, 0.29) is 24.8 Å². The van der Waals surface area contributed by atoms with Gasteiger partial charge in [0.15, 0.2) is 0 Å². The van der Waals surface area contributed by atoms with Gasteiger partial charge in [-0.1, -0.05) is 0 Å². The van der Waals surface area contributed by atoms with E-state index >= 15 is 0 Å². The summed E-state index contributed by atoms with van der Waals surface area (Å²) in [6.45, 7) is 1.35. The Balaban J connectivity index is 1.89. The molecule has 0 aromatic rings. The SMILES string of the molecule is CS(=O)(=O)N1CCCC(CC2CC(C(F)(F)F)CCN2)C1. The molecule has 8 heteroatoms. The van der Waals surface area contributed by atoms with Gasteiger partial charge in [-0.15, -0.1) is 0 Å². The van der Waals surface area contributed by atoms with Crippen LogP contribution in [0.5, 0.6) is 0 Å². The van der Waals surface area contributed by atoms with Crippen LogP contribution in [0.1, 0.15) is 32.1 Å². The van der Waals surface area contributed by atoms with Crippen molar-refractivity contribution in [2.75, 3.05) is 25.9 Å². The Labute approximate surface area is 124 Å². The Bertz CT molecular complexity index is 453. The molecule has 2 aliphatic heterocycles. The minimum Gasteiger partial charge on any atom is -0.314 e. The van der Waals surface area contributed by atoms with Crippen LogP contribution in [-0.4, -0.2) is 50.8 Å².